The van der Waals surface area contributed by atoms with Crippen molar-refractivity contribution >= 4 is 34.5 Å². The maximum Gasteiger partial charge on any atom is 0.330 e. The molecule has 0 amide bonds. The van der Waals surface area contributed by atoms with Crippen molar-refractivity contribution in [3.05, 3.63) is 64.9 Å². The first-order valence-electron chi connectivity index (χ1n) is 13.4. The third kappa shape index (κ3) is 4.91. The smallest absolute Gasteiger partial charge is 0.330 e. The highest BCUT2D eigenvalue weighted by Gasteiger charge is 2.74. The summed E-state index contributed by atoms with van der Waals surface area (Å²) in [5.41, 5.74) is 3.63. The van der Waals surface area contributed by atoms with Crippen LogP contribution >= 0.6 is 22.6 Å². The number of halogens is 1. The first-order valence-corrected chi connectivity index (χ1v) is 14.9. The molecule has 39 heavy (non-hydrogen) atoms. The molecular weight excluding hydrogens is 615 g/mol. The zero-order valence-corrected chi connectivity index (χ0v) is 24.6. The summed E-state index contributed by atoms with van der Waals surface area (Å²) in [5, 5.41) is 11.7. The first-order chi connectivity index (χ1) is 18.8. The molecule has 8 nitrogen and oxygen atoms in total. The average molecular weight is 651 g/mol. The van der Waals surface area contributed by atoms with E-state index < -0.39 is 59.4 Å². The van der Waals surface area contributed by atoms with E-state index in [1.165, 1.54) is 13.2 Å². The van der Waals surface area contributed by atoms with Gasteiger partial charge in [-0.25, -0.2) is 4.79 Å². The lowest BCUT2D eigenvalue weighted by molar-refractivity contribution is -0.328. The number of carbonyl (C=O) groups is 2. The van der Waals surface area contributed by atoms with Crippen molar-refractivity contribution in [3.63, 3.8) is 0 Å². The summed E-state index contributed by atoms with van der Waals surface area (Å²) in [4.78, 5) is 26.0. The zero-order valence-electron chi connectivity index (χ0n) is 22.4. The van der Waals surface area contributed by atoms with Crippen LogP contribution in [0, 0.1) is 16.7 Å². The fourth-order valence-electron chi connectivity index (χ4n) is 6.81. The second kappa shape index (κ2) is 11.5. The molecule has 0 radical (unpaired) electrons. The summed E-state index contributed by atoms with van der Waals surface area (Å²) in [6.45, 7) is 3.81. The number of benzene rings is 1. The summed E-state index contributed by atoms with van der Waals surface area (Å²) >= 11 is 2.34. The van der Waals surface area contributed by atoms with Crippen molar-refractivity contribution in [1.29, 1.82) is 0 Å². The Bertz CT molecular complexity index is 1190. The molecule has 0 unspecified atom stereocenters. The number of rotatable bonds is 7. The standard InChI is InChI=1S/C30H35IO8/c1-18(8-7-13-31)14-19(2)24(33)25-26-29(12-11-23(32)36-16-29)21-15-22(30(26,17-37-25)28(34)35-3)39-27(38-21)20-9-5-4-6-10-20/h4-6,9-12,21-22,24-27,33H,7-8,13,15-17H2,1-3H3/t14?,21-,22+,24+,25-,26+,27+,29+,30-/m0/s1. The molecule has 4 aliphatic rings. The summed E-state index contributed by atoms with van der Waals surface area (Å²) in [6, 6.07) is 9.54. The average Bonchev–Trinajstić information content (AvgIpc) is 3.38. The maximum absolute atomic E-state index is 13.8. The van der Waals surface area contributed by atoms with Crippen molar-refractivity contribution in [3.8, 4) is 0 Å². The van der Waals surface area contributed by atoms with Crippen LogP contribution in [0.2, 0.25) is 0 Å². The predicted octanol–water partition coefficient (Wildman–Crippen LogP) is 4.21. The minimum atomic E-state index is -1.25. The largest absolute Gasteiger partial charge is 0.468 e. The number of esters is 2. The van der Waals surface area contributed by atoms with Gasteiger partial charge in [-0.05, 0) is 42.3 Å². The Morgan fingerprint density at radius 3 is 2.62 bits per heavy atom. The lowest BCUT2D eigenvalue weighted by Gasteiger charge is -2.59. The Labute approximate surface area is 242 Å². The van der Waals surface area contributed by atoms with E-state index in [-0.39, 0.29) is 13.2 Å². The van der Waals surface area contributed by atoms with Gasteiger partial charge in [-0.15, -0.1) is 5.73 Å². The van der Waals surface area contributed by atoms with Gasteiger partial charge in [0.2, 0.25) is 0 Å². The topological polar surface area (TPSA) is 101 Å². The highest BCUT2D eigenvalue weighted by atomic mass is 127. The van der Waals surface area contributed by atoms with Crippen molar-refractivity contribution in [2.75, 3.05) is 24.8 Å². The number of fused-ring (bicyclic) bond motifs is 6. The summed E-state index contributed by atoms with van der Waals surface area (Å²) in [6.07, 6.45) is 1.82. The van der Waals surface area contributed by atoms with Crippen molar-refractivity contribution in [2.24, 2.45) is 16.7 Å². The first kappa shape index (κ1) is 28.5. The molecule has 1 aromatic rings. The molecule has 8 atom stereocenters. The lowest BCUT2D eigenvalue weighted by atomic mass is 9.50. The van der Waals surface area contributed by atoms with Gasteiger partial charge < -0.3 is 28.8 Å². The Morgan fingerprint density at radius 2 is 1.95 bits per heavy atom. The molecular formula is C30H35IO8. The highest BCUT2D eigenvalue weighted by molar-refractivity contribution is 14.1. The molecule has 1 aromatic carbocycles. The van der Waals surface area contributed by atoms with Crippen LogP contribution in [-0.4, -0.2) is 66.2 Å². The maximum atomic E-state index is 13.8. The molecule has 3 fully saturated rings. The van der Waals surface area contributed by atoms with E-state index >= 15 is 0 Å². The predicted molar refractivity (Wildman–Crippen MR) is 150 cm³/mol. The second-order valence-corrected chi connectivity index (χ2v) is 12.0. The third-order valence-electron chi connectivity index (χ3n) is 8.64. The number of methoxy groups -OCH3 is 1. The molecule has 1 N–H and O–H groups in total. The number of ether oxygens (including phenoxy) is 5. The van der Waals surface area contributed by atoms with Gasteiger partial charge in [0.15, 0.2) is 6.29 Å². The van der Waals surface area contributed by atoms with E-state index in [0.717, 1.165) is 28.4 Å². The minimum absolute atomic E-state index is 0.000684. The van der Waals surface area contributed by atoms with Crippen LogP contribution in [0.4, 0.5) is 0 Å². The quantitative estimate of drug-likeness (QED) is 0.203. The van der Waals surface area contributed by atoms with Gasteiger partial charge in [-0.2, -0.15) is 0 Å². The number of alkyl halides is 1. The van der Waals surface area contributed by atoms with Crippen molar-refractivity contribution < 1.29 is 38.4 Å². The van der Waals surface area contributed by atoms with Gasteiger partial charge >= 0.3 is 11.9 Å². The molecule has 2 bridgehead atoms. The normalized spacial score (nSPS) is 35.5. The van der Waals surface area contributed by atoms with Crippen LogP contribution < -0.4 is 0 Å². The monoisotopic (exact) mass is 650 g/mol. The Morgan fingerprint density at radius 1 is 1.21 bits per heavy atom. The van der Waals surface area contributed by atoms with Gasteiger partial charge in [0.05, 0.1) is 37.4 Å². The Balaban J connectivity index is 1.62. The van der Waals surface area contributed by atoms with Crippen LogP contribution in [0.5, 0.6) is 0 Å². The van der Waals surface area contributed by atoms with Gasteiger partial charge in [-0.1, -0.05) is 59.0 Å². The molecule has 210 valence electrons. The molecule has 1 aliphatic carbocycles. The van der Waals surface area contributed by atoms with E-state index in [2.05, 4.69) is 28.3 Å². The number of aliphatic hydroxyl groups is 1. The Kier molecular flexibility index (Phi) is 8.38. The molecule has 3 heterocycles. The zero-order chi connectivity index (χ0) is 27.8. The number of hydrogen-bond donors (Lipinski definition) is 1. The van der Waals surface area contributed by atoms with Gasteiger partial charge in [0.25, 0.3) is 0 Å². The Hall–Kier alpha value is -2.01. The second-order valence-electron chi connectivity index (χ2n) is 10.9. The van der Waals surface area contributed by atoms with Crippen LogP contribution in [0.1, 0.15) is 45.0 Å². The molecule has 9 heteroatoms. The molecule has 1 spiro atoms. The highest BCUT2D eigenvalue weighted by Crippen LogP contribution is 2.64. The lowest BCUT2D eigenvalue weighted by Crippen LogP contribution is -2.69. The van der Waals surface area contributed by atoms with Gasteiger partial charge in [0.1, 0.15) is 18.1 Å². The van der Waals surface area contributed by atoms with Crippen LogP contribution in [0.3, 0.4) is 0 Å². The summed E-state index contributed by atoms with van der Waals surface area (Å²) in [7, 11) is 1.35. The fraction of sp³-hybridized carbons (Fsp3) is 0.567. The van der Waals surface area contributed by atoms with Gasteiger partial charge in [-0.3, -0.25) is 4.79 Å². The van der Waals surface area contributed by atoms with Crippen LogP contribution in [-0.2, 0) is 33.3 Å². The number of carbonyl (C=O) groups excluding carboxylic acids is 2. The van der Waals surface area contributed by atoms with E-state index in [4.69, 9.17) is 23.7 Å². The van der Waals surface area contributed by atoms with Crippen molar-refractivity contribution in [1.82, 2.24) is 0 Å². The molecule has 2 saturated heterocycles. The van der Waals surface area contributed by atoms with Gasteiger partial charge in [0, 0.05) is 24.0 Å². The molecule has 3 aliphatic heterocycles. The van der Waals surface area contributed by atoms with E-state index in [0.29, 0.717) is 12.0 Å². The molecule has 1 saturated carbocycles. The number of hydrogen-bond acceptors (Lipinski definition) is 8. The summed E-state index contributed by atoms with van der Waals surface area (Å²) < 4.78 is 31.4. The number of cyclic esters (lactones) is 1. The van der Waals surface area contributed by atoms with E-state index in [9.17, 15) is 14.7 Å². The fourth-order valence-corrected chi connectivity index (χ4v) is 7.20. The van der Waals surface area contributed by atoms with Crippen LogP contribution in [0.25, 0.3) is 0 Å². The van der Waals surface area contributed by atoms with E-state index in [1.54, 1.807) is 6.08 Å². The third-order valence-corrected chi connectivity index (χ3v) is 9.40. The molecule has 0 aromatic heterocycles. The van der Waals surface area contributed by atoms with E-state index in [1.807, 2.05) is 44.2 Å². The number of aliphatic hydroxyl groups excluding tert-OH is 1. The van der Waals surface area contributed by atoms with Crippen LogP contribution in [0.15, 0.2) is 59.4 Å². The SMILES string of the molecule is COC(=O)[C@]12CO[C@@H]([C@H](O)C(C)=C=C(C)CCCI)[C@@H]1[C@@]1(C=CC(=O)OC1)[C@@H]1C[C@H]2O[C@H](c2ccccc2)O1. The summed E-state index contributed by atoms with van der Waals surface area (Å²) in [5.74, 6) is -1.58. The van der Waals surface area contributed by atoms with Crippen molar-refractivity contribution in [2.45, 2.75) is 63.8 Å². The molecule has 5 rings (SSSR count). The minimum Gasteiger partial charge on any atom is -0.468 e.